The third-order valence-corrected chi connectivity index (χ3v) is 3.26. The maximum atomic E-state index is 11.8. The van der Waals surface area contributed by atoms with Crippen LogP contribution in [0.4, 0.5) is 5.13 Å². The molecule has 0 unspecified atom stereocenters. The fourth-order valence-electron chi connectivity index (χ4n) is 1.16. The first-order valence-electron chi connectivity index (χ1n) is 5.44. The summed E-state index contributed by atoms with van der Waals surface area (Å²) in [6.45, 7) is 8.50. The van der Waals surface area contributed by atoms with Crippen molar-refractivity contribution in [2.75, 3.05) is 12.0 Å². The second-order valence-electron chi connectivity index (χ2n) is 5.02. The zero-order valence-corrected chi connectivity index (χ0v) is 11.5. The number of carbonyl (C=O) groups excluding carboxylic acids is 1. The summed E-state index contributed by atoms with van der Waals surface area (Å²) in [5.41, 5.74) is 3.23. The highest BCUT2D eigenvalue weighted by molar-refractivity contribution is 7.17. The SMILES string of the molecule is Cc1nc(NN)sc1C(=O)OCCC(C)(C)C. The third-order valence-electron chi connectivity index (χ3n) is 2.19. The summed E-state index contributed by atoms with van der Waals surface area (Å²) in [6, 6.07) is 0. The van der Waals surface area contributed by atoms with Crippen LogP contribution in [0.2, 0.25) is 0 Å². The average Bonchev–Trinajstić information content (AvgIpc) is 2.57. The van der Waals surface area contributed by atoms with Crippen molar-refractivity contribution < 1.29 is 9.53 Å². The zero-order chi connectivity index (χ0) is 13.1. The van der Waals surface area contributed by atoms with Gasteiger partial charge in [-0.05, 0) is 18.8 Å². The van der Waals surface area contributed by atoms with Crippen molar-refractivity contribution in [3.63, 3.8) is 0 Å². The molecule has 6 heteroatoms. The van der Waals surface area contributed by atoms with Crippen LogP contribution in [-0.2, 0) is 4.74 Å². The van der Waals surface area contributed by atoms with Crippen LogP contribution in [0, 0.1) is 12.3 Å². The molecule has 1 aromatic rings. The Morgan fingerprint density at radius 3 is 2.65 bits per heavy atom. The Hall–Kier alpha value is -1.14. The van der Waals surface area contributed by atoms with Crippen molar-refractivity contribution in [1.29, 1.82) is 0 Å². The van der Waals surface area contributed by atoms with E-state index in [9.17, 15) is 4.79 Å². The topological polar surface area (TPSA) is 77.2 Å². The summed E-state index contributed by atoms with van der Waals surface area (Å²) >= 11 is 1.20. The van der Waals surface area contributed by atoms with Gasteiger partial charge in [0.25, 0.3) is 0 Å². The van der Waals surface area contributed by atoms with Crippen molar-refractivity contribution in [3.8, 4) is 0 Å². The maximum Gasteiger partial charge on any atom is 0.350 e. The van der Waals surface area contributed by atoms with E-state index < -0.39 is 0 Å². The average molecular weight is 257 g/mol. The number of nitrogens with one attached hydrogen (secondary N) is 1. The number of carbonyl (C=O) groups is 1. The van der Waals surface area contributed by atoms with E-state index in [0.29, 0.717) is 22.3 Å². The van der Waals surface area contributed by atoms with E-state index in [0.717, 1.165) is 6.42 Å². The second kappa shape index (κ2) is 5.46. The van der Waals surface area contributed by atoms with Gasteiger partial charge in [-0.25, -0.2) is 15.6 Å². The van der Waals surface area contributed by atoms with Crippen molar-refractivity contribution in [3.05, 3.63) is 10.6 Å². The van der Waals surface area contributed by atoms with Crippen LogP contribution in [-0.4, -0.2) is 17.6 Å². The second-order valence-corrected chi connectivity index (χ2v) is 6.02. The first kappa shape index (κ1) is 13.9. The Labute approximate surface area is 105 Å². The Balaban J connectivity index is 2.55. The minimum atomic E-state index is -0.328. The lowest BCUT2D eigenvalue weighted by Crippen LogP contribution is -2.13. The molecule has 0 bridgehead atoms. The summed E-state index contributed by atoms with van der Waals surface area (Å²) in [7, 11) is 0. The van der Waals surface area contributed by atoms with Gasteiger partial charge in [0, 0.05) is 0 Å². The number of ether oxygens (including phenoxy) is 1. The van der Waals surface area contributed by atoms with E-state index in [-0.39, 0.29) is 11.4 Å². The lowest BCUT2D eigenvalue weighted by Gasteiger charge is -2.17. The summed E-state index contributed by atoms with van der Waals surface area (Å²) < 4.78 is 5.21. The Kier molecular flexibility index (Phi) is 4.47. The summed E-state index contributed by atoms with van der Waals surface area (Å²) in [5.74, 6) is 4.91. The van der Waals surface area contributed by atoms with Gasteiger partial charge in [-0.15, -0.1) is 0 Å². The van der Waals surface area contributed by atoms with Crippen molar-refractivity contribution in [1.82, 2.24) is 4.98 Å². The summed E-state index contributed by atoms with van der Waals surface area (Å²) in [5, 5.41) is 0.519. The fourth-order valence-corrected chi connectivity index (χ4v) is 1.93. The lowest BCUT2D eigenvalue weighted by molar-refractivity contribution is 0.0469. The number of nitrogen functional groups attached to an aromatic ring is 1. The van der Waals surface area contributed by atoms with E-state index in [2.05, 4.69) is 31.2 Å². The van der Waals surface area contributed by atoms with Gasteiger partial charge in [-0.1, -0.05) is 32.1 Å². The van der Waals surface area contributed by atoms with Crippen LogP contribution in [0.3, 0.4) is 0 Å². The van der Waals surface area contributed by atoms with Crippen LogP contribution < -0.4 is 11.3 Å². The number of aromatic nitrogens is 1. The third kappa shape index (κ3) is 4.32. The largest absolute Gasteiger partial charge is 0.461 e. The molecule has 0 aliphatic rings. The molecule has 3 N–H and O–H groups in total. The van der Waals surface area contributed by atoms with E-state index in [1.165, 1.54) is 11.3 Å². The standard InChI is InChI=1S/C11H19N3O2S/c1-7-8(17-10(13-7)14-12)9(15)16-6-5-11(2,3)4/h5-6,12H2,1-4H3,(H,13,14). The Bertz CT molecular complexity index is 396. The Morgan fingerprint density at radius 1 is 1.53 bits per heavy atom. The monoisotopic (exact) mass is 257 g/mol. The van der Waals surface area contributed by atoms with Crippen LogP contribution >= 0.6 is 11.3 Å². The molecule has 0 aliphatic carbocycles. The number of nitrogens with two attached hydrogens (primary N) is 1. The van der Waals surface area contributed by atoms with Gasteiger partial charge in [-0.3, -0.25) is 5.43 Å². The van der Waals surface area contributed by atoms with Gasteiger partial charge in [0.15, 0.2) is 5.13 Å². The molecule has 5 nitrogen and oxygen atoms in total. The maximum absolute atomic E-state index is 11.8. The number of esters is 1. The van der Waals surface area contributed by atoms with Crippen molar-refractivity contribution >= 4 is 22.4 Å². The van der Waals surface area contributed by atoms with Gasteiger partial charge < -0.3 is 4.74 Å². The Morgan fingerprint density at radius 2 is 2.18 bits per heavy atom. The van der Waals surface area contributed by atoms with Gasteiger partial charge in [-0.2, -0.15) is 0 Å². The molecule has 1 rings (SSSR count). The highest BCUT2D eigenvalue weighted by Crippen LogP contribution is 2.23. The highest BCUT2D eigenvalue weighted by atomic mass is 32.1. The predicted octanol–water partition coefficient (Wildman–Crippen LogP) is 2.33. The normalized spacial score (nSPS) is 11.4. The molecule has 0 saturated heterocycles. The first-order chi connectivity index (χ1) is 7.83. The molecular formula is C11H19N3O2S. The molecule has 0 spiro atoms. The number of hydrogen-bond donors (Lipinski definition) is 2. The molecule has 0 fully saturated rings. The van der Waals surface area contributed by atoms with Crippen LogP contribution in [0.5, 0.6) is 0 Å². The lowest BCUT2D eigenvalue weighted by atomic mass is 9.93. The fraction of sp³-hybridized carbons (Fsp3) is 0.636. The van der Waals surface area contributed by atoms with E-state index >= 15 is 0 Å². The number of thiazole rings is 1. The van der Waals surface area contributed by atoms with E-state index in [1.54, 1.807) is 6.92 Å². The molecule has 96 valence electrons. The molecule has 0 aliphatic heterocycles. The molecule has 0 aromatic carbocycles. The predicted molar refractivity (Wildman–Crippen MR) is 69.0 cm³/mol. The molecule has 0 atom stereocenters. The van der Waals surface area contributed by atoms with E-state index in [4.69, 9.17) is 10.6 Å². The quantitative estimate of drug-likeness (QED) is 0.492. The van der Waals surface area contributed by atoms with Gasteiger partial charge in [0.05, 0.1) is 12.3 Å². The molecule has 0 radical (unpaired) electrons. The highest BCUT2D eigenvalue weighted by Gasteiger charge is 2.17. The number of anilines is 1. The number of rotatable bonds is 4. The molecular weight excluding hydrogens is 238 g/mol. The number of nitrogens with zero attached hydrogens (tertiary/aromatic N) is 1. The van der Waals surface area contributed by atoms with Gasteiger partial charge >= 0.3 is 5.97 Å². The van der Waals surface area contributed by atoms with Gasteiger partial charge in [0.1, 0.15) is 4.88 Å². The summed E-state index contributed by atoms with van der Waals surface area (Å²) in [6.07, 6.45) is 0.832. The molecule has 1 aromatic heterocycles. The molecule has 0 amide bonds. The number of aryl methyl sites for hydroxylation is 1. The van der Waals surface area contributed by atoms with Crippen LogP contribution in [0.1, 0.15) is 42.6 Å². The number of hydrazine groups is 1. The van der Waals surface area contributed by atoms with Crippen LogP contribution in [0.15, 0.2) is 0 Å². The molecule has 0 saturated carbocycles. The minimum Gasteiger partial charge on any atom is -0.461 e. The van der Waals surface area contributed by atoms with Crippen molar-refractivity contribution in [2.45, 2.75) is 34.1 Å². The first-order valence-corrected chi connectivity index (χ1v) is 6.26. The molecule has 17 heavy (non-hydrogen) atoms. The smallest absolute Gasteiger partial charge is 0.350 e. The molecule has 1 heterocycles. The van der Waals surface area contributed by atoms with Crippen molar-refractivity contribution in [2.24, 2.45) is 11.3 Å². The minimum absolute atomic E-state index is 0.160. The van der Waals surface area contributed by atoms with Crippen LogP contribution in [0.25, 0.3) is 0 Å². The van der Waals surface area contributed by atoms with Gasteiger partial charge in [0.2, 0.25) is 0 Å². The van der Waals surface area contributed by atoms with E-state index in [1.807, 2.05) is 0 Å². The summed E-state index contributed by atoms with van der Waals surface area (Å²) in [4.78, 5) is 16.4. The number of hydrogen-bond acceptors (Lipinski definition) is 6. The zero-order valence-electron chi connectivity index (χ0n) is 10.7.